The van der Waals surface area contributed by atoms with E-state index in [1.165, 1.54) is 19.5 Å². The fourth-order valence-corrected chi connectivity index (χ4v) is 5.58. The Bertz CT molecular complexity index is 1320. The number of rotatable bonds is 5. The van der Waals surface area contributed by atoms with Crippen LogP contribution in [0.15, 0.2) is 35.5 Å². The third-order valence-corrected chi connectivity index (χ3v) is 7.67. The number of nitrogens with two attached hydrogens (primary N) is 2. The van der Waals surface area contributed by atoms with Crippen molar-refractivity contribution in [3.63, 3.8) is 0 Å². The molecular weight excluding hydrogens is 461 g/mol. The zero-order chi connectivity index (χ0) is 25.5. The van der Waals surface area contributed by atoms with Gasteiger partial charge in [0.2, 0.25) is 0 Å². The predicted molar refractivity (Wildman–Crippen MR) is 134 cm³/mol. The second-order valence-electron chi connectivity index (χ2n) is 9.88. The smallest absolute Gasteiger partial charge is 0.307 e. The second kappa shape index (κ2) is 9.09. The summed E-state index contributed by atoms with van der Waals surface area (Å²) in [6.07, 6.45) is 7.19. The highest BCUT2D eigenvalue weighted by Gasteiger charge is 2.48. The number of aromatic nitrogens is 4. The van der Waals surface area contributed by atoms with Crippen LogP contribution in [0.5, 0.6) is 0 Å². The maximum atomic E-state index is 14.0. The van der Waals surface area contributed by atoms with Gasteiger partial charge in [0.1, 0.15) is 17.3 Å². The molecule has 2 aliphatic rings. The van der Waals surface area contributed by atoms with Gasteiger partial charge in [-0.05, 0) is 63.3 Å². The van der Waals surface area contributed by atoms with Crippen LogP contribution in [0.4, 0.5) is 10.2 Å². The molecule has 1 aliphatic heterocycles. The van der Waals surface area contributed by atoms with Crippen LogP contribution in [0.3, 0.4) is 0 Å². The molecule has 0 unspecified atom stereocenters. The lowest BCUT2D eigenvalue weighted by atomic mass is 9.65. The Morgan fingerprint density at radius 2 is 1.97 bits per heavy atom. The molecule has 4 N–H and O–H groups in total. The number of esters is 1. The molecule has 9 nitrogen and oxygen atoms in total. The Morgan fingerprint density at radius 3 is 2.61 bits per heavy atom. The Balaban J connectivity index is 1.57. The summed E-state index contributed by atoms with van der Waals surface area (Å²) in [5, 5.41) is 0. The van der Waals surface area contributed by atoms with Crippen LogP contribution in [0, 0.1) is 12.7 Å². The number of carbonyl (C=O) groups excluding carboxylic acids is 1. The van der Waals surface area contributed by atoms with Crippen LogP contribution >= 0.6 is 0 Å². The summed E-state index contributed by atoms with van der Waals surface area (Å²) >= 11 is 0. The molecule has 0 bridgehead atoms. The molecule has 1 spiro atoms. The fourth-order valence-electron chi connectivity index (χ4n) is 5.58. The zero-order valence-corrected chi connectivity index (χ0v) is 20.5. The van der Waals surface area contributed by atoms with E-state index in [9.17, 15) is 9.18 Å². The van der Waals surface area contributed by atoms with Crippen LogP contribution in [0.2, 0.25) is 0 Å². The zero-order valence-electron chi connectivity index (χ0n) is 20.5. The van der Waals surface area contributed by atoms with E-state index in [2.05, 4.69) is 19.5 Å². The topological polar surface area (TPSA) is 134 Å². The first-order valence-electron chi connectivity index (χ1n) is 12.1. The number of imidazole rings is 1. The molecular formula is C26H30FN7O2. The first-order chi connectivity index (χ1) is 17.3. The molecule has 4 heterocycles. The van der Waals surface area contributed by atoms with Gasteiger partial charge in [-0.2, -0.15) is 0 Å². The lowest BCUT2D eigenvalue weighted by Crippen LogP contribution is -2.48. The Kier molecular flexibility index (Phi) is 6.07. The number of halogens is 1. The minimum absolute atomic E-state index is 0.141. The van der Waals surface area contributed by atoms with E-state index in [-0.39, 0.29) is 23.6 Å². The molecule has 0 amide bonds. The van der Waals surface area contributed by atoms with Crippen molar-refractivity contribution in [2.75, 3.05) is 7.11 Å². The maximum Gasteiger partial charge on any atom is 0.307 e. The molecule has 3 aromatic rings. The first kappa shape index (κ1) is 24.1. The SMILES string of the molecule is COC(=O)CC1(N)CCC2(CCn3c2nc(-c2ccc(F)c(C)n2)c3-c2ccc(N=CN)nc2)CC1. The number of pyridine rings is 2. The normalized spacial score (nSPS) is 23.3. The Hall–Kier alpha value is -3.66. The second-order valence-corrected chi connectivity index (χ2v) is 9.88. The third kappa shape index (κ3) is 4.15. The van der Waals surface area contributed by atoms with Gasteiger partial charge in [-0.15, -0.1) is 0 Å². The first-order valence-corrected chi connectivity index (χ1v) is 12.1. The molecule has 5 rings (SSSR count). The van der Waals surface area contributed by atoms with Crippen molar-refractivity contribution in [1.29, 1.82) is 0 Å². The summed E-state index contributed by atoms with van der Waals surface area (Å²) in [6.45, 7) is 2.43. The van der Waals surface area contributed by atoms with Crippen molar-refractivity contribution in [3.05, 3.63) is 47.8 Å². The largest absolute Gasteiger partial charge is 0.469 e. The number of aryl methyl sites for hydroxylation is 1. The quantitative estimate of drug-likeness (QED) is 0.317. The van der Waals surface area contributed by atoms with Gasteiger partial charge in [0, 0.05) is 29.3 Å². The maximum absolute atomic E-state index is 14.0. The van der Waals surface area contributed by atoms with E-state index < -0.39 is 5.54 Å². The number of aliphatic imine (C=N–C) groups is 1. The van der Waals surface area contributed by atoms with Gasteiger partial charge in [0.25, 0.3) is 0 Å². The number of ether oxygens (including phenoxy) is 1. The molecule has 3 aromatic heterocycles. The molecule has 0 saturated heterocycles. The van der Waals surface area contributed by atoms with Gasteiger partial charge >= 0.3 is 5.97 Å². The molecule has 1 saturated carbocycles. The highest BCUT2D eigenvalue weighted by Crippen LogP contribution is 2.51. The number of methoxy groups -OCH3 is 1. The van der Waals surface area contributed by atoms with Crippen molar-refractivity contribution in [1.82, 2.24) is 19.5 Å². The minimum atomic E-state index is -0.567. The molecule has 0 radical (unpaired) electrons. The van der Waals surface area contributed by atoms with E-state index in [1.807, 2.05) is 6.07 Å². The highest BCUT2D eigenvalue weighted by molar-refractivity contribution is 5.78. The van der Waals surface area contributed by atoms with E-state index >= 15 is 0 Å². The molecule has 0 atom stereocenters. The van der Waals surface area contributed by atoms with Gasteiger partial charge in [-0.25, -0.2) is 24.3 Å². The number of nitrogens with zero attached hydrogens (tertiary/aromatic N) is 5. The summed E-state index contributed by atoms with van der Waals surface area (Å²) in [4.78, 5) is 30.0. The summed E-state index contributed by atoms with van der Waals surface area (Å²) in [6, 6.07) is 6.83. The lowest BCUT2D eigenvalue weighted by Gasteiger charge is -2.41. The number of hydrogen-bond acceptors (Lipinski definition) is 7. The van der Waals surface area contributed by atoms with Crippen LogP contribution in [0.1, 0.15) is 50.0 Å². The molecule has 36 heavy (non-hydrogen) atoms. The summed E-state index contributed by atoms with van der Waals surface area (Å²) in [7, 11) is 1.39. The van der Waals surface area contributed by atoms with E-state index in [0.717, 1.165) is 42.9 Å². The van der Waals surface area contributed by atoms with Gasteiger partial charge in [0.05, 0.1) is 37.0 Å². The Labute approximate surface area is 208 Å². The molecule has 1 aliphatic carbocycles. The van der Waals surface area contributed by atoms with Crippen LogP contribution < -0.4 is 11.5 Å². The van der Waals surface area contributed by atoms with Crippen molar-refractivity contribution in [2.24, 2.45) is 16.5 Å². The van der Waals surface area contributed by atoms with Gasteiger partial charge in [-0.3, -0.25) is 4.79 Å². The molecule has 10 heteroatoms. The van der Waals surface area contributed by atoms with Crippen LogP contribution in [-0.4, -0.2) is 44.5 Å². The van der Waals surface area contributed by atoms with Crippen LogP contribution in [0.25, 0.3) is 22.6 Å². The summed E-state index contributed by atoms with van der Waals surface area (Å²) < 4.78 is 21.1. The van der Waals surface area contributed by atoms with Crippen molar-refractivity contribution in [2.45, 2.75) is 62.9 Å². The van der Waals surface area contributed by atoms with Gasteiger partial charge < -0.3 is 20.8 Å². The van der Waals surface area contributed by atoms with Crippen LogP contribution in [-0.2, 0) is 21.5 Å². The minimum Gasteiger partial charge on any atom is -0.469 e. The molecule has 188 valence electrons. The molecule has 0 aromatic carbocycles. The summed E-state index contributed by atoms with van der Waals surface area (Å²) in [5.74, 6) is 0.860. The third-order valence-electron chi connectivity index (χ3n) is 7.67. The number of carbonyl (C=O) groups is 1. The predicted octanol–water partition coefficient (Wildman–Crippen LogP) is 3.55. The van der Waals surface area contributed by atoms with E-state index in [0.29, 0.717) is 35.7 Å². The number of hydrogen-bond donors (Lipinski definition) is 2. The number of fused-ring (bicyclic) bond motifs is 2. The molecule has 1 fully saturated rings. The van der Waals surface area contributed by atoms with Crippen molar-refractivity contribution >= 4 is 18.1 Å². The van der Waals surface area contributed by atoms with Crippen molar-refractivity contribution < 1.29 is 13.9 Å². The van der Waals surface area contributed by atoms with Gasteiger partial charge in [-0.1, -0.05) is 0 Å². The van der Waals surface area contributed by atoms with Crippen molar-refractivity contribution in [3.8, 4) is 22.6 Å². The monoisotopic (exact) mass is 491 g/mol. The van der Waals surface area contributed by atoms with E-state index in [1.54, 1.807) is 25.3 Å². The van der Waals surface area contributed by atoms with E-state index in [4.69, 9.17) is 21.2 Å². The highest BCUT2D eigenvalue weighted by atomic mass is 19.1. The standard InChI is InChI=1S/C26H30FN7O2/c1-16-18(27)4-5-19(32-16)22-23(17-3-6-20(30-14-17)31-15-28)34-12-11-25(24(34)33-22)7-9-26(29,10-8-25)13-21(35)36-2/h3-6,14-15H,7-13,29H2,1-2H3,(H2,28,30,31). The lowest BCUT2D eigenvalue weighted by molar-refractivity contribution is -0.142. The summed E-state index contributed by atoms with van der Waals surface area (Å²) in [5.41, 5.74) is 14.7. The van der Waals surface area contributed by atoms with Gasteiger partial charge in [0.15, 0.2) is 5.82 Å². The fraction of sp³-hybridized carbons (Fsp3) is 0.423. The average molecular weight is 492 g/mol. The average Bonchev–Trinajstić information content (AvgIpc) is 3.42. The Morgan fingerprint density at radius 1 is 1.19 bits per heavy atom.